The van der Waals surface area contributed by atoms with Gasteiger partial charge in [0.15, 0.2) is 0 Å². The number of aryl methyl sites for hydroxylation is 1. The highest BCUT2D eigenvalue weighted by Crippen LogP contribution is 2.37. The van der Waals surface area contributed by atoms with E-state index in [0.29, 0.717) is 0 Å². The molecule has 0 atom stereocenters. The highest BCUT2D eigenvalue weighted by atomic mass is 14.6. The van der Waals surface area contributed by atoms with Crippen LogP contribution in [0.2, 0.25) is 0 Å². The first kappa shape index (κ1) is 11.3. The summed E-state index contributed by atoms with van der Waals surface area (Å²) >= 11 is 0. The molecule has 2 N–H and O–H groups in total. The molecular formula is C17H19N. The summed E-state index contributed by atoms with van der Waals surface area (Å²) in [6.07, 6.45) is 4.09. The number of nitrogens with two attached hydrogens (primary N) is 1. The molecule has 0 aromatic heterocycles. The summed E-state index contributed by atoms with van der Waals surface area (Å²) in [6.45, 7) is 2.07. The first-order chi connectivity index (χ1) is 8.74. The van der Waals surface area contributed by atoms with Crippen LogP contribution in [0.15, 0.2) is 42.5 Å². The van der Waals surface area contributed by atoms with Gasteiger partial charge in [-0.15, -0.1) is 0 Å². The average Bonchev–Trinajstić information content (AvgIpc) is 2.28. The van der Waals surface area contributed by atoms with Gasteiger partial charge in [-0.3, -0.25) is 0 Å². The minimum absolute atomic E-state index is 0.800. The Morgan fingerprint density at radius 3 is 2.28 bits per heavy atom. The molecular weight excluding hydrogens is 218 g/mol. The monoisotopic (exact) mass is 237 g/mol. The molecule has 2 aromatic carbocycles. The summed E-state index contributed by atoms with van der Waals surface area (Å²) in [5.74, 6) is 0.800. The third-order valence-corrected chi connectivity index (χ3v) is 4.01. The van der Waals surface area contributed by atoms with Crippen LogP contribution in [0, 0.1) is 6.92 Å². The fourth-order valence-electron chi connectivity index (χ4n) is 2.62. The molecule has 1 saturated carbocycles. The van der Waals surface area contributed by atoms with Gasteiger partial charge in [-0.2, -0.15) is 0 Å². The summed E-state index contributed by atoms with van der Waals surface area (Å²) in [5, 5.41) is 0. The zero-order valence-electron chi connectivity index (χ0n) is 10.8. The smallest absolute Gasteiger partial charge is 0.0396 e. The standard InChI is InChI=1S/C17H19N/c1-12-5-10-16(17(18)11-12)15-8-6-14(7-9-15)13-3-2-4-13/h5-11,13H,2-4,18H2,1H3. The number of rotatable bonds is 2. The van der Waals surface area contributed by atoms with Gasteiger partial charge in [-0.1, -0.05) is 42.8 Å². The van der Waals surface area contributed by atoms with Crippen LogP contribution in [0.4, 0.5) is 5.69 Å². The number of nitrogen functional groups attached to an aromatic ring is 1. The van der Waals surface area contributed by atoms with E-state index in [1.165, 1.54) is 36.0 Å². The van der Waals surface area contributed by atoms with Crippen molar-refractivity contribution >= 4 is 5.69 Å². The van der Waals surface area contributed by atoms with E-state index in [2.05, 4.69) is 43.3 Å². The molecule has 0 saturated heterocycles. The van der Waals surface area contributed by atoms with Crippen molar-refractivity contribution in [1.29, 1.82) is 0 Å². The predicted molar refractivity (Wildman–Crippen MR) is 77.6 cm³/mol. The highest BCUT2D eigenvalue weighted by Gasteiger charge is 2.19. The Morgan fingerprint density at radius 2 is 1.72 bits per heavy atom. The van der Waals surface area contributed by atoms with Gasteiger partial charge in [0.1, 0.15) is 0 Å². The molecule has 2 aromatic rings. The van der Waals surface area contributed by atoms with E-state index in [0.717, 1.165) is 17.2 Å². The Hall–Kier alpha value is -1.76. The highest BCUT2D eigenvalue weighted by molar-refractivity contribution is 5.76. The Bertz CT molecular complexity index is 550. The summed E-state index contributed by atoms with van der Waals surface area (Å²) in [5.41, 5.74) is 12.0. The van der Waals surface area contributed by atoms with Crippen LogP contribution >= 0.6 is 0 Å². The molecule has 1 nitrogen and oxygen atoms in total. The van der Waals surface area contributed by atoms with Gasteiger partial charge >= 0.3 is 0 Å². The van der Waals surface area contributed by atoms with Crippen molar-refractivity contribution < 1.29 is 0 Å². The third kappa shape index (κ3) is 2.01. The molecule has 3 rings (SSSR count). The second-order valence-electron chi connectivity index (χ2n) is 5.34. The SMILES string of the molecule is Cc1ccc(-c2ccc(C3CCC3)cc2)c(N)c1. The minimum atomic E-state index is 0.800. The predicted octanol–water partition coefficient (Wildman–Crippen LogP) is 4.51. The summed E-state index contributed by atoms with van der Waals surface area (Å²) in [7, 11) is 0. The maximum atomic E-state index is 6.09. The molecule has 1 heteroatoms. The lowest BCUT2D eigenvalue weighted by molar-refractivity contribution is 0.420. The van der Waals surface area contributed by atoms with E-state index in [4.69, 9.17) is 5.73 Å². The molecule has 1 aliphatic carbocycles. The van der Waals surface area contributed by atoms with Gasteiger partial charge in [0.05, 0.1) is 0 Å². The number of benzene rings is 2. The van der Waals surface area contributed by atoms with E-state index >= 15 is 0 Å². The lowest BCUT2D eigenvalue weighted by Gasteiger charge is -2.25. The fraction of sp³-hybridized carbons (Fsp3) is 0.294. The van der Waals surface area contributed by atoms with Gasteiger partial charge in [0.25, 0.3) is 0 Å². The molecule has 0 aliphatic heterocycles. The summed E-state index contributed by atoms with van der Waals surface area (Å²) in [6, 6.07) is 15.2. The average molecular weight is 237 g/mol. The molecule has 0 heterocycles. The molecule has 1 fully saturated rings. The Morgan fingerprint density at radius 1 is 1.00 bits per heavy atom. The van der Waals surface area contributed by atoms with E-state index in [9.17, 15) is 0 Å². The van der Waals surface area contributed by atoms with Gasteiger partial charge in [-0.05, 0) is 48.4 Å². The van der Waals surface area contributed by atoms with E-state index in [1.807, 2.05) is 6.07 Å². The Kier molecular flexibility index (Phi) is 2.83. The van der Waals surface area contributed by atoms with E-state index < -0.39 is 0 Å². The topological polar surface area (TPSA) is 26.0 Å². The van der Waals surface area contributed by atoms with Gasteiger partial charge < -0.3 is 5.73 Å². The third-order valence-electron chi connectivity index (χ3n) is 4.01. The van der Waals surface area contributed by atoms with Crippen molar-refractivity contribution in [3.05, 3.63) is 53.6 Å². The Balaban J connectivity index is 1.91. The van der Waals surface area contributed by atoms with Crippen molar-refractivity contribution in [2.75, 3.05) is 5.73 Å². The van der Waals surface area contributed by atoms with Crippen LogP contribution < -0.4 is 5.73 Å². The zero-order chi connectivity index (χ0) is 12.5. The van der Waals surface area contributed by atoms with E-state index in [1.54, 1.807) is 0 Å². The maximum Gasteiger partial charge on any atom is 0.0396 e. The lowest BCUT2D eigenvalue weighted by Crippen LogP contribution is -2.08. The molecule has 0 unspecified atom stereocenters. The van der Waals surface area contributed by atoms with Gasteiger partial charge in [0, 0.05) is 11.3 Å². The number of anilines is 1. The van der Waals surface area contributed by atoms with Crippen molar-refractivity contribution in [3.8, 4) is 11.1 Å². The second kappa shape index (κ2) is 4.49. The van der Waals surface area contributed by atoms with Crippen LogP contribution in [0.5, 0.6) is 0 Å². The first-order valence-electron chi connectivity index (χ1n) is 6.70. The molecule has 0 radical (unpaired) electrons. The summed E-state index contributed by atoms with van der Waals surface area (Å²) in [4.78, 5) is 0. The summed E-state index contributed by atoms with van der Waals surface area (Å²) < 4.78 is 0. The van der Waals surface area contributed by atoms with Gasteiger partial charge in [-0.25, -0.2) is 0 Å². The van der Waals surface area contributed by atoms with Crippen molar-refractivity contribution in [2.24, 2.45) is 0 Å². The molecule has 0 spiro atoms. The minimum Gasteiger partial charge on any atom is -0.398 e. The van der Waals surface area contributed by atoms with Crippen molar-refractivity contribution in [3.63, 3.8) is 0 Å². The van der Waals surface area contributed by atoms with Crippen LogP contribution in [0.3, 0.4) is 0 Å². The largest absolute Gasteiger partial charge is 0.398 e. The van der Waals surface area contributed by atoms with Crippen LogP contribution in [-0.4, -0.2) is 0 Å². The second-order valence-corrected chi connectivity index (χ2v) is 5.34. The number of hydrogen-bond donors (Lipinski definition) is 1. The van der Waals surface area contributed by atoms with Crippen LogP contribution in [0.25, 0.3) is 11.1 Å². The molecule has 0 bridgehead atoms. The first-order valence-corrected chi connectivity index (χ1v) is 6.70. The van der Waals surface area contributed by atoms with Crippen molar-refractivity contribution in [2.45, 2.75) is 32.1 Å². The number of hydrogen-bond acceptors (Lipinski definition) is 1. The van der Waals surface area contributed by atoms with Crippen LogP contribution in [-0.2, 0) is 0 Å². The molecule has 1 aliphatic rings. The molecule has 18 heavy (non-hydrogen) atoms. The maximum absolute atomic E-state index is 6.09. The van der Waals surface area contributed by atoms with Crippen molar-refractivity contribution in [1.82, 2.24) is 0 Å². The quantitative estimate of drug-likeness (QED) is 0.764. The fourth-order valence-corrected chi connectivity index (χ4v) is 2.62. The molecule has 92 valence electrons. The normalized spacial score (nSPS) is 15.4. The zero-order valence-corrected chi connectivity index (χ0v) is 10.8. The lowest BCUT2D eigenvalue weighted by atomic mass is 9.80. The van der Waals surface area contributed by atoms with Crippen LogP contribution in [0.1, 0.15) is 36.3 Å². The Labute approximate surface area is 109 Å². The molecule has 0 amide bonds. The van der Waals surface area contributed by atoms with Gasteiger partial charge in [0.2, 0.25) is 0 Å². The van der Waals surface area contributed by atoms with E-state index in [-0.39, 0.29) is 0 Å².